The summed E-state index contributed by atoms with van der Waals surface area (Å²) in [6.07, 6.45) is 2.00. The van der Waals surface area contributed by atoms with Crippen molar-refractivity contribution in [1.29, 1.82) is 0 Å². The van der Waals surface area contributed by atoms with E-state index < -0.39 is 0 Å². The third kappa shape index (κ3) is 2.83. The topological polar surface area (TPSA) is 32.7 Å². The van der Waals surface area contributed by atoms with Gasteiger partial charge in [-0.25, -0.2) is 4.99 Å². The lowest BCUT2D eigenvalue weighted by atomic mass is 9.94. The molecule has 2 rings (SSSR count). The number of carbonyl (C=O) groups is 1. The van der Waals surface area contributed by atoms with Gasteiger partial charge in [0.25, 0.3) is 0 Å². The van der Waals surface area contributed by atoms with Gasteiger partial charge in [0.05, 0.1) is 0 Å². The Bertz CT molecular complexity index is 592. The zero-order valence-electron chi connectivity index (χ0n) is 12.0. The number of allylic oxidation sites excluding steroid dienone is 1. The van der Waals surface area contributed by atoms with Crippen LogP contribution in [0.3, 0.4) is 0 Å². The molecule has 0 fully saturated rings. The van der Waals surface area contributed by atoms with E-state index in [1.165, 1.54) is 0 Å². The zero-order chi connectivity index (χ0) is 14.9. The molecule has 1 aliphatic heterocycles. The van der Waals surface area contributed by atoms with Crippen LogP contribution in [0.4, 0.5) is 0 Å². The van der Waals surface area contributed by atoms with Gasteiger partial charge in [0.2, 0.25) is 0 Å². The molecule has 0 saturated carbocycles. The normalized spacial score (nSPS) is 19.1. The summed E-state index contributed by atoms with van der Waals surface area (Å²) in [5, 5.41) is 0.931. The number of carbonyl (C=O) groups excluding carboxylic acids is 1. The molecule has 1 atom stereocenters. The molecule has 0 amide bonds. The highest BCUT2D eigenvalue weighted by atomic mass is 79.9. The number of nitrogens with zero attached hydrogens (tertiary/aromatic N) is 2. The van der Waals surface area contributed by atoms with Crippen LogP contribution in [0.5, 0.6) is 0 Å². The van der Waals surface area contributed by atoms with Crippen molar-refractivity contribution >= 4 is 38.6 Å². The Hall–Kier alpha value is -1.07. The summed E-state index contributed by atoms with van der Waals surface area (Å²) in [4.78, 5) is 18.8. The summed E-state index contributed by atoms with van der Waals surface area (Å²) >= 11 is 5.03. The lowest BCUT2D eigenvalue weighted by Crippen LogP contribution is -2.31. The molecule has 0 spiro atoms. The first-order chi connectivity index (χ1) is 9.45. The van der Waals surface area contributed by atoms with E-state index in [1.54, 1.807) is 18.7 Å². The van der Waals surface area contributed by atoms with E-state index >= 15 is 0 Å². The highest BCUT2D eigenvalue weighted by Crippen LogP contribution is 2.35. The molecule has 0 saturated heterocycles. The fourth-order valence-corrected chi connectivity index (χ4v) is 3.19. The minimum Gasteiger partial charge on any atom is -0.328 e. The molecule has 1 aliphatic rings. The third-order valence-electron chi connectivity index (χ3n) is 3.44. The molecule has 1 aromatic carbocycles. The van der Waals surface area contributed by atoms with E-state index in [4.69, 9.17) is 4.99 Å². The molecule has 0 aromatic heterocycles. The summed E-state index contributed by atoms with van der Waals surface area (Å²) in [7, 11) is 1.95. The number of rotatable bonds is 2. The van der Waals surface area contributed by atoms with Crippen LogP contribution in [0, 0.1) is 0 Å². The van der Waals surface area contributed by atoms with E-state index in [0.717, 1.165) is 26.5 Å². The molecule has 106 valence electrons. The maximum Gasteiger partial charge on any atom is 0.163 e. The molecular weight excluding hydrogens is 336 g/mol. The van der Waals surface area contributed by atoms with Crippen LogP contribution in [0.15, 0.2) is 45.0 Å². The van der Waals surface area contributed by atoms with Crippen molar-refractivity contribution in [2.75, 3.05) is 13.3 Å². The molecule has 5 heteroatoms. The van der Waals surface area contributed by atoms with Crippen LogP contribution in [0.25, 0.3) is 0 Å². The van der Waals surface area contributed by atoms with E-state index in [1.807, 2.05) is 49.4 Å². The van der Waals surface area contributed by atoms with Crippen LogP contribution in [0.1, 0.15) is 25.5 Å². The Balaban J connectivity index is 2.54. The number of thioether (sulfide) groups is 1. The Labute approximate surface area is 132 Å². The monoisotopic (exact) mass is 352 g/mol. The zero-order valence-corrected chi connectivity index (χ0v) is 14.4. The maximum absolute atomic E-state index is 12.0. The van der Waals surface area contributed by atoms with Gasteiger partial charge in [0, 0.05) is 22.8 Å². The van der Waals surface area contributed by atoms with Gasteiger partial charge in [-0.2, -0.15) is 0 Å². The quantitative estimate of drug-likeness (QED) is 0.805. The highest BCUT2D eigenvalue weighted by molar-refractivity contribution is 9.10. The van der Waals surface area contributed by atoms with Gasteiger partial charge in [-0.3, -0.25) is 4.79 Å². The second-order valence-electron chi connectivity index (χ2n) is 4.68. The van der Waals surface area contributed by atoms with Gasteiger partial charge >= 0.3 is 0 Å². The van der Waals surface area contributed by atoms with Crippen molar-refractivity contribution in [1.82, 2.24) is 4.90 Å². The average molecular weight is 353 g/mol. The Morgan fingerprint density at radius 3 is 2.45 bits per heavy atom. The van der Waals surface area contributed by atoms with Crippen LogP contribution in [0.2, 0.25) is 0 Å². The number of benzene rings is 1. The molecule has 0 unspecified atom stereocenters. The number of ketones is 1. The largest absolute Gasteiger partial charge is 0.328 e. The first-order valence-corrected chi connectivity index (χ1v) is 8.30. The minimum atomic E-state index is -0.209. The van der Waals surface area contributed by atoms with E-state index in [9.17, 15) is 4.79 Å². The number of amidine groups is 1. The molecule has 3 nitrogen and oxygen atoms in total. The standard InChI is InChI=1S/C15H17BrN2OS/c1-9-13(10(2)19)14(17-15(20-4)18(9)3)11-5-7-12(16)8-6-11/h5-8,14H,1-4H3/t14-/m1/s1. The Kier molecular flexibility index (Phi) is 4.70. The Morgan fingerprint density at radius 2 is 1.95 bits per heavy atom. The SMILES string of the molecule is CSC1=N[C@H](c2ccc(Br)cc2)C(C(C)=O)=C(C)N1C. The van der Waals surface area contributed by atoms with Gasteiger partial charge in [-0.05, 0) is 37.8 Å². The first kappa shape index (κ1) is 15.3. The van der Waals surface area contributed by atoms with Gasteiger partial charge in [-0.15, -0.1) is 0 Å². The van der Waals surface area contributed by atoms with Crippen molar-refractivity contribution in [2.24, 2.45) is 4.99 Å². The van der Waals surface area contributed by atoms with Crippen LogP contribution in [-0.2, 0) is 4.79 Å². The van der Waals surface area contributed by atoms with E-state index in [-0.39, 0.29) is 11.8 Å². The summed E-state index contributed by atoms with van der Waals surface area (Å²) in [5.74, 6) is 0.0752. The number of halogens is 1. The van der Waals surface area contributed by atoms with Crippen molar-refractivity contribution in [3.05, 3.63) is 45.6 Å². The average Bonchev–Trinajstić information content (AvgIpc) is 2.42. The molecule has 1 aromatic rings. The van der Waals surface area contributed by atoms with Crippen LogP contribution < -0.4 is 0 Å². The highest BCUT2D eigenvalue weighted by Gasteiger charge is 2.29. The predicted octanol–water partition coefficient (Wildman–Crippen LogP) is 4.02. The fraction of sp³-hybridized carbons (Fsp3) is 0.333. The second kappa shape index (κ2) is 6.14. The summed E-state index contributed by atoms with van der Waals surface area (Å²) in [6, 6.07) is 7.78. The Morgan fingerprint density at radius 1 is 1.35 bits per heavy atom. The number of aliphatic imine (C=N–C) groups is 1. The summed E-state index contributed by atoms with van der Waals surface area (Å²) in [5.41, 5.74) is 2.79. The van der Waals surface area contributed by atoms with Crippen molar-refractivity contribution in [3.63, 3.8) is 0 Å². The molecule has 0 bridgehead atoms. The molecule has 0 N–H and O–H groups in total. The number of hydrogen-bond donors (Lipinski definition) is 0. The smallest absolute Gasteiger partial charge is 0.163 e. The second-order valence-corrected chi connectivity index (χ2v) is 6.37. The maximum atomic E-state index is 12.0. The van der Waals surface area contributed by atoms with Crippen LogP contribution >= 0.6 is 27.7 Å². The minimum absolute atomic E-state index is 0.0752. The number of Topliss-reactive ketones (excluding diaryl/α,β-unsaturated/α-hetero) is 1. The number of hydrogen-bond acceptors (Lipinski definition) is 4. The molecule has 0 aliphatic carbocycles. The first-order valence-electron chi connectivity index (χ1n) is 6.28. The van der Waals surface area contributed by atoms with Crippen LogP contribution in [-0.4, -0.2) is 29.2 Å². The molecule has 0 radical (unpaired) electrons. The fourth-order valence-electron chi connectivity index (χ4n) is 2.31. The van der Waals surface area contributed by atoms with Gasteiger partial charge < -0.3 is 4.90 Å². The molecule has 20 heavy (non-hydrogen) atoms. The predicted molar refractivity (Wildman–Crippen MR) is 89.0 cm³/mol. The van der Waals surface area contributed by atoms with E-state index in [2.05, 4.69) is 15.9 Å². The summed E-state index contributed by atoms with van der Waals surface area (Å²) in [6.45, 7) is 3.59. The van der Waals surface area contributed by atoms with E-state index in [0.29, 0.717) is 0 Å². The van der Waals surface area contributed by atoms with Crippen molar-refractivity contribution in [3.8, 4) is 0 Å². The summed E-state index contributed by atoms with van der Waals surface area (Å²) < 4.78 is 1.02. The molecular formula is C15H17BrN2OS. The third-order valence-corrected chi connectivity index (χ3v) is 4.71. The van der Waals surface area contributed by atoms with Crippen molar-refractivity contribution < 1.29 is 4.79 Å². The van der Waals surface area contributed by atoms with Gasteiger partial charge in [0.1, 0.15) is 6.04 Å². The van der Waals surface area contributed by atoms with Crippen molar-refractivity contribution in [2.45, 2.75) is 19.9 Å². The lowest BCUT2D eigenvalue weighted by molar-refractivity contribution is -0.114. The van der Waals surface area contributed by atoms with Gasteiger partial charge in [-0.1, -0.05) is 39.8 Å². The lowest BCUT2D eigenvalue weighted by Gasteiger charge is -2.31. The molecule has 1 heterocycles. The van der Waals surface area contributed by atoms with Gasteiger partial charge in [0.15, 0.2) is 11.0 Å².